The number of hydrogen-bond donors (Lipinski definition) is 1. The maximum atomic E-state index is 11.0. The number of benzene rings is 4. The molecule has 0 bridgehead atoms. The molecule has 0 aliphatic heterocycles. The number of hydrogen-bond acceptors (Lipinski definition) is 4. The maximum absolute atomic E-state index is 11.0. The summed E-state index contributed by atoms with van der Waals surface area (Å²) < 4.78 is 11.7. The minimum absolute atomic E-state index is 0.208. The predicted octanol–water partition coefficient (Wildman–Crippen LogP) is 8.29. The first kappa shape index (κ1) is 29.2. The van der Waals surface area contributed by atoms with Gasteiger partial charge in [0, 0.05) is 5.56 Å². The van der Waals surface area contributed by atoms with E-state index in [2.05, 4.69) is 13.8 Å². The summed E-state index contributed by atoms with van der Waals surface area (Å²) >= 11 is 0. The molecule has 0 heterocycles. The molecule has 5 nitrogen and oxygen atoms in total. The molecule has 0 amide bonds. The number of carboxylic acids is 1. The van der Waals surface area contributed by atoms with Crippen LogP contribution in [-0.2, 0) is 13.2 Å². The summed E-state index contributed by atoms with van der Waals surface area (Å²) in [6, 6.07) is 30.5. The Balaban J connectivity index is 0.000000216. The number of carbonyl (C=O) groups is 2. The summed E-state index contributed by atoms with van der Waals surface area (Å²) in [6.45, 7) is 9.26. The zero-order valence-electron chi connectivity index (χ0n) is 23.0. The normalized spacial score (nSPS) is 10.5. The molecule has 5 heteroatoms. The average molecular weight is 525 g/mol. The number of carboxylic acid groups (broad SMARTS) is 1. The molecule has 0 spiro atoms. The van der Waals surface area contributed by atoms with E-state index in [1.165, 1.54) is 0 Å². The molecule has 0 aromatic heterocycles. The van der Waals surface area contributed by atoms with E-state index in [9.17, 15) is 9.59 Å². The molecule has 0 saturated carbocycles. The molecule has 1 N–H and O–H groups in total. The molecule has 202 valence electrons. The van der Waals surface area contributed by atoms with E-state index >= 15 is 0 Å². The molecule has 0 fully saturated rings. The lowest BCUT2D eigenvalue weighted by atomic mass is 9.99. The Kier molecular flexibility index (Phi) is 10.9. The molecule has 0 radical (unpaired) electrons. The van der Waals surface area contributed by atoms with Gasteiger partial charge in [-0.05, 0) is 70.5 Å². The van der Waals surface area contributed by atoms with Gasteiger partial charge >= 0.3 is 5.97 Å². The number of ether oxygens (including phenoxy) is 2. The largest absolute Gasteiger partial charge is 0.489 e. The van der Waals surface area contributed by atoms with Gasteiger partial charge in [0.1, 0.15) is 31.0 Å². The van der Waals surface area contributed by atoms with Crippen molar-refractivity contribution in [2.75, 3.05) is 0 Å². The van der Waals surface area contributed by atoms with Crippen molar-refractivity contribution >= 4 is 12.3 Å². The van der Waals surface area contributed by atoms with Gasteiger partial charge < -0.3 is 14.6 Å². The molecule has 0 atom stereocenters. The molecule has 39 heavy (non-hydrogen) atoms. The van der Waals surface area contributed by atoms with Gasteiger partial charge in [-0.3, -0.25) is 4.79 Å². The van der Waals surface area contributed by atoms with Crippen LogP contribution >= 0.6 is 0 Å². The van der Waals surface area contributed by atoms with Crippen molar-refractivity contribution < 1.29 is 24.2 Å². The van der Waals surface area contributed by atoms with Gasteiger partial charge in [-0.15, -0.1) is 0 Å². The zero-order chi connectivity index (χ0) is 28.2. The third kappa shape index (κ3) is 8.85. The monoisotopic (exact) mass is 524 g/mol. The van der Waals surface area contributed by atoms with E-state index in [-0.39, 0.29) is 5.92 Å². The second kappa shape index (κ2) is 14.5. The minimum Gasteiger partial charge on any atom is -0.489 e. The van der Waals surface area contributed by atoms with Crippen LogP contribution in [-0.4, -0.2) is 17.4 Å². The first-order valence-electron chi connectivity index (χ1n) is 13.1. The van der Waals surface area contributed by atoms with E-state index < -0.39 is 5.97 Å². The first-order chi connectivity index (χ1) is 18.8. The molecular formula is C34H36O5. The maximum Gasteiger partial charge on any atom is 0.335 e. The van der Waals surface area contributed by atoms with Gasteiger partial charge in [-0.2, -0.15) is 0 Å². The lowest BCUT2D eigenvalue weighted by Gasteiger charge is -2.15. The fourth-order valence-electron chi connectivity index (χ4n) is 3.96. The number of aldehydes is 1. The fourth-order valence-corrected chi connectivity index (χ4v) is 3.96. The van der Waals surface area contributed by atoms with Crippen LogP contribution in [0.5, 0.6) is 11.5 Å². The van der Waals surface area contributed by atoms with E-state index in [0.29, 0.717) is 30.3 Å². The van der Waals surface area contributed by atoms with Crippen molar-refractivity contribution in [1.29, 1.82) is 0 Å². The van der Waals surface area contributed by atoms with Crippen LogP contribution in [0, 0.1) is 0 Å². The number of carbonyl (C=O) groups excluding carboxylic acids is 1. The van der Waals surface area contributed by atoms with Crippen LogP contribution in [0.2, 0.25) is 0 Å². The second-order valence-corrected chi connectivity index (χ2v) is 9.83. The average Bonchev–Trinajstić information content (AvgIpc) is 2.96. The molecule has 4 rings (SSSR count). The summed E-state index contributed by atoms with van der Waals surface area (Å²) in [5, 5.41) is 9.05. The highest BCUT2D eigenvalue weighted by atomic mass is 16.5. The van der Waals surface area contributed by atoms with Crippen LogP contribution in [0.3, 0.4) is 0 Å². The van der Waals surface area contributed by atoms with Crippen molar-refractivity contribution in [3.8, 4) is 11.5 Å². The highest BCUT2D eigenvalue weighted by Gasteiger charge is 2.12. The van der Waals surface area contributed by atoms with Crippen LogP contribution in [0.1, 0.15) is 82.5 Å². The van der Waals surface area contributed by atoms with Gasteiger partial charge in [0.15, 0.2) is 0 Å². The molecule has 0 aliphatic carbocycles. The Morgan fingerprint density at radius 2 is 1.15 bits per heavy atom. The van der Waals surface area contributed by atoms with Crippen LogP contribution in [0.15, 0.2) is 97.1 Å². The highest BCUT2D eigenvalue weighted by molar-refractivity contribution is 5.88. The molecule has 0 saturated heterocycles. The lowest BCUT2D eigenvalue weighted by molar-refractivity contribution is 0.0696. The van der Waals surface area contributed by atoms with Crippen molar-refractivity contribution in [2.45, 2.75) is 52.7 Å². The third-order valence-electron chi connectivity index (χ3n) is 6.15. The minimum atomic E-state index is -0.915. The van der Waals surface area contributed by atoms with E-state index in [1.54, 1.807) is 24.3 Å². The van der Waals surface area contributed by atoms with Gasteiger partial charge in [-0.25, -0.2) is 4.79 Å². The van der Waals surface area contributed by atoms with Crippen LogP contribution < -0.4 is 9.47 Å². The van der Waals surface area contributed by atoms with Crippen molar-refractivity contribution in [3.05, 3.63) is 130 Å². The van der Waals surface area contributed by atoms with Gasteiger partial charge in [0.2, 0.25) is 0 Å². The quantitative estimate of drug-likeness (QED) is 0.211. The Morgan fingerprint density at radius 3 is 1.59 bits per heavy atom. The predicted molar refractivity (Wildman–Crippen MR) is 155 cm³/mol. The lowest BCUT2D eigenvalue weighted by Crippen LogP contribution is -2.03. The Hall–Kier alpha value is -4.38. The first-order valence-corrected chi connectivity index (χ1v) is 13.1. The van der Waals surface area contributed by atoms with E-state index in [1.807, 2.05) is 86.6 Å². The topological polar surface area (TPSA) is 72.8 Å². The summed E-state index contributed by atoms with van der Waals surface area (Å²) in [6.07, 6.45) is 0.868. The Morgan fingerprint density at radius 1 is 0.692 bits per heavy atom. The third-order valence-corrected chi connectivity index (χ3v) is 6.15. The van der Waals surface area contributed by atoms with Gasteiger partial charge in [-0.1, -0.05) is 88.4 Å². The van der Waals surface area contributed by atoms with Crippen molar-refractivity contribution in [2.24, 2.45) is 0 Å². The highest BCUT2D eigenvalue weighted by Crippen LogP contribution is 2.29. The summed E-state index contributed by atoms with van der Waals surface area (Å²) in [4.78, 5) is 21.9. The SMILES string of the molecule is CC(C)c1cc(C(=O)O)ccc1OCc1ccccc1.CC(C)c1cc(C=O)ccc1OCc1ccccc1. The van der Waals surface area contributed by atoms with Gasteiger partial charge in [0.25, 0.3) is 0 Å². The van der Waals surface area contributed by atoms with Crippen molar-refractivity contribution in [1.82, 2.24) is 0 Å². The van der Waals surface area contributed by atoms with E-state index in [4.69, 9.17) is 14.6 Å². The Bertz CT molecular complexity index is 1340. The molecular weight excluding hydrogens is 488 g/mol. The molecule has 0 aliphatic rings. The van der Waals surface area contributed by atoms with E-state index in [0.717, 1.165) is 40.0 Å². The zero-order valence-corrected chi connectivity index (χ0v) is 23.0. The number of rotatable bonds is 10. The molecule has 4 aromatic carbocycles. The molecule has 4 aromatic rings. The summed E-state index contributed by atoms with van der Waals surface area (Å²) in [5.41, 5.74) is 5.19. The fraction of sp³-hybridized carbons (Fsp3) is 0.235. The smallest absolute Gasteiger partial charge is 0.335 e. The number of aromatic carboxylic acids is 1. The summed E-state index contributed by atoms with van der Waals surface area (Å²) in [5.74, 6) is 1.21. The Labute approximate surface area is 231 Å². The van der Waals surface area contributed by atoms with Gasteiger partial charge in [0.05, 0.1) is 5.56 Å². The van der Waals surface area contributed by atoms with Crippen LogP contribution in [0.25, 0.3) is 0 Å². The standard InChI is InChI=1S/C17H18O3.C17H18O2/c1-12(2)15-10-14(17(18)19)8-9-16(15)20-11-13-6-4-3-5-7-13;1-13(2)16-10-15(11-18)8-9-17(16)19-12-14-6-4-3-5-7-14/h3-10,12H,11H2,1-2H3,(H,18,19);3-11,13H,12H2,1-2H3. The van der Waals surface area contributed by atoms with Crippen LogP contribution in [0.4, 0.5) is 0 Å². The summed E-state index contributed by atoms with van der Waals surface area (Å²) in [7, 11) is 0. The molecule has 0 unspecified atom stereocenters. The second-order valence-electron chi connectivity index (χ2n) is 9.83. The van der Waals surface area contributed by atoms with Crippen molar-refractivity contribution in [3.63, 3.8) is 0 Å².